The van der Waals surface area contributed by atoms with Gasteiger partial charge in [0, 0.05) is 19.2 Å². The van der Waals surface area contributed by atoms with Crippen molar-refractivity contribution in [1.29, 1.82) is 0 Å². The van der Waals surface area contributed by atoms with E-state index in [0.717, 1.165) is 12.0 Å². The number of hydrogen-bond acceptors (Lipinski definition) is 4. The highest BCUT2D eigenvalue weighted by Crippen LogP contribution is 2.23. The van der Waals surface area contributed by atoms with E-state index in [0.29, 0.717) is 18.1 Å². The monoisotopic (exact) mass is 262 g/mol. The summed E-state index contributed by atoms with van der Waals surface area (Å²) in [4.78, 5) is 8.04. The molecule has 0 spiro atoms. The van der Waals surface area contributed by atoms with Gasteiger partial charge in [-0.3, -0.25) is 0 Å². The molecule has 0 amide bonds. The minimum atomic E-state index is -4.16. The topological polar surface area (TPSA) is 49.8 Å². The van der Waals surface area contributed by atoms with E-state index in [9.17, 15) is 13.2 Å². The van der Waals surface area contributed by atoms with Crippen molar-refractivity contribution < 1.29 is 13.2 Å². The highest BCUT2D eigenvalue weighted by Gasteiger charge is 2.26. The standard InChI is InChI=1S/C11H17F3N4/c1-3-4-8-9(15-2)17-7-18-10(8)16-6-5-11(12,13)14/h7H,3-6H2,1-2H3,(H2,15,16,17,18). The van der Waals surface area contributed by atoms with Crippen molar-refractivity contribution in [2.45, 2.75) is 32.4 Å². The van der Waals surface area contributed by atoms with Crippen LogP contribution in [0.4, 0.5) is 24.8 Å². The van der Waals surface area contributed by atoms with Gasteiger partial charge >= 0.3 is 6.18 Å². The van der Waals surface area contributed by atoms with Crippen LogP contribution in [0, 0.1) is 0 Å². The molecule has 1 aromatic rings. The van der Waals surface area contributed by atoms with Crippen molar-refractivity contribution in [2.75, 3.05) is 24.2 Å². The minimum Gasteiger partial charge on any atom is -0.373 e. The van der Waals surface area contributed by atoms with E-state index in [1.54, 1.807) is 7.05 Å². The first-order valence-corrected chi connectivity index (χ1v) is 5.80. The number of nitrogens with zero attached hydrogens (tertiary/aromatic N) is 2. The highest BCUT2D eigenvalue weighted by molar-refractivity contribution is 5.57. The van der Waals surface area contributed by atoms with Crippen LogP contribution < -0.4 is 10.6 Å². The second-order valence-electron chi connectivity index (χ2n) is 3.84. The van der Waals surface area contributed by atoms with Crippen LogP contribution in [0.2, 0.25) is 0 Å². The largest absolute Gasteiger partial charge is 0.390 e. The summed E-state index contributed by atoms with van der Waals surface area (Å²) in [6, 6.07) is 0. The normalized spacial score (nSPS) is 11.4. The van der Waals surface area contributed by atoms with E-state index in [4.69, 9.17) is 0 Å². The molecule has 0 radical (unpaired) electrons. The van der Waals surface area contributed by atoms with Crippen LogP contribution in [0.15, 0.2) is 6.33 Å². The van der Waals surface area contributed by atoms with Gasteiger partial charge in [0.2, 0.25) is 0 Å². The van der Waals surface area contributed by atoms with Crippen molar-refractivity contribution in [3.63, 3.8) is 0 Å². The van der Waals surface area contributed by atoms with E-state index in [-0.39, 0.29) is 6.54 Å². The van der Waals surface area contributed by atoms with Gasteiger partial charge in [0.05, 0.1) is 6.42 Å². The van der Waals surface area contributed by atoms with E-state index < -0.39 is 12.6 Å². The summed E-state index contributed by atoms with van der Waals surface area (Å²) >= 11 is 0. The molecule has 0 bridgehead atoms. The Bertz CT molecular complexity index is 379. The summed E-state index contributed by atoms with van der Waals surface area (Å²) in [6.07, 6.45) is -2.11. The van der Waals surface area contributed by atoms with Crippen LogP contribution in [-0.2, 0) is 6.42 Å². The fraction of sp³-hybridized carbons (Fsp3) is 0.636. The molecule has 7 heteroatoms. The van der Waals surface area contributed by atoms with Crippen LogP contribution in [0.3, 0.4) is 0 Å². The molecule has 1 aromatic heterocycles. The fourth-order valence-corrected chi connectivity index (χ4v) is 1.59. The fourth-order valence-electron chi connectivity index (χ4n) is 1.59. The Kier molecular flexibility index (Phi) is 5.18. The van der Waals surface area contributed by atoms with Crippen molar-refractivity contribution in [3.05, 3.63) is 11.9 Å². The van der Waals surface area contributed by atoms with Gasteiger partial charge in [-0.15, -0.1) is 0 Å². The third-order valence-electron chi connectivity index (χ3n) is 2.38. The molecule has 0 unspecified atom stereocenters. The van der Waals surface area contributed by atoms with Crippen LogP contribution in [0.1, 0.15) is 25.3 Å². The Morgan fingerprint density at radius 3 is 2.44 bits per heavy atom. The maximum Gasteiger partial charge on any atom is 0.390 e. The van der Waals surface area contributed by atoms with Gasteiger partial charge < -0.3 is 10.6 Å². The summed E-state index contributed by atoms with van der Waals surface area (Å²) in [6.45, 7) is 1.81. The van der Waals surface area contributed by atoms with Gasteiger partial charge in [-0.2, -0.15) is 13.2 Å². The quantitative estimate of drug-likeness (QED) is 0.827. The number of rotatable bonds is 6. The Labute approximate surface area is 104 Å². The number of halogens is 3. The van der Waals surface area contributed by atoms with Crippen molar-refractivity contribution in [1.82, 2.24) is 9.97 Å². The number of hydrogen-bond donors (Lipinski definition) is 2. The van der Waals surface area contributed by atoms with E-state index in [1.807, 2.05) is 6.92 Å². The lowest BCUT2D eigenvalue weighted by Gasteiger charge is -2.14. The number of alkyl halides is 3. The molecule has 2 N–H and O–H groups in total. The Morgan fingerprint density at radius 2 is 1.89 bits per heavy atom. The van der Waals surface area contributed by atoms with E-state index >= 15 is 0 Å². The average Bonchev–Trinajstić information content (AvgIpc) is 2.29. The molecule has 1 heterocycles. The predicted molar refractivity (Wildman–Crippen MR) is 64.7 cm³/mol. The smallest absolute Gasteiger partial charge is 0.373 e. The molecule has 0 aliphatic rings. The molecule has 0 fully saturated rings. The van der Waals surface area contributed by atoms with E-state index in [1.165, 1.54) is 6.33 Å². The third-order valence-corrected chi connectivity index (χ3v) is 2.38. The van der Waals surface area contributed by atoms with Crippen molar-refractivity contribution in [2.24, 2.45) is 0 Å². The van der Waals surface area contributed by atoms with Gasteiger partial charge in [0.1, 0.15) is 18.0 Å². The molecule has 0 saturated carbocycles. The maximum absolute atomic E-state index is 12.1. The molecule has 0 aromatic carbocycles. The van der Waals surface area contributed by atoms with Gasteiger partial charge in [-0.05, 0) is 6.42 Å². The Hall–Kier alpha value is -1.53. The lowest BCUT2D eigenvalue weighted by atomic mass is 10.1. The van der Waals surface area contributed by atoms with Gasteiger partial charge in [-0.1, -0.05) is 13.3 Å². The van der Waals surface area contributed by atoms with Crippen molar-refractivity contribution in [3.8, 4) is 0 Å². The molecule has 1 rings (SSSR count). The van der Waals surface area contributed by atoms with Crippen LogP contribution in [0.5, 0.6) is 0 Å². The minimum absolute atomic E-state index is 0.180. The molecule has 4 nitrogen and oxygen atoms in total. The molecule has 18 heavy (non-hydrogen) atoms. The Balaban J connectivity index is 2.75. The zero-order valence-corrected chi connectivity index (χ0v) is 10.4. The average molecular weight is 262 g/mol. The first kappa shape index (κ1) is 14.5. The highest BCUT2D eigenvalue weighted by atomic mass is 19.4. The number of aromatic nitrogens is 2. The number of anilines is 2. The molecule has 0 aliphatic carbocycles. The third kappa shape index (κ3) is 4.38. The van der Waals surface area contributed by atoms with Gasteiger partial charge in [0.25, 0.3) is 0 Å². The molecule has 102 valence electrons. The van der Waals surface area contributed by atoms with Gasteiger partial charge in [0.15, 0.2) is 0 Å². The first-order valence-electron chi connectivity index (χ1n) is 5.80. The van der Waals surface area contributed by atoms with Crippen LogP contribution in [0.25, 0.3) is 0 Å². The van der Waals surface area contributed by atoms with Crippen molar-refractivity contribution >= 4 is 11.6 Å². The lowest BCUT2D eigenvalue weighted by Crippen LogP contribution is -2.16. The molecule has 0 atom stereocenters. The second-order valence-corrected chi connectivity index (χ2v) is 3.84. The predicted octanol–water partition coefficient (Wildman–Crippen LogP) is 2.84. The Morgan fingerprint density at radius 1 is 1.22 bits per heavy atom. The summed E-state index contributed by atoms with van der Waals surface area (Å²) in [5.74, 6) is 1.13. The second kappa shape index (κ2) is 6.42. The number of nitrogens with one attached hydrogen (secondary N) is 2. The summed E-state index contributed by atoms with van der Waals surface area (Å²) in [5, 5.41) is 5.63. The van der Waals surface area contributed by atoms with E-state index in [2.05, 4.69) is 20.6 Å². The van der Waals surface area contributed by atoms with Crippen LogP contribution >= 0.6 is 0 Å². The summed E-state index contributed by atoms with van der Waals surface area (Å²) < 4.78 is 36.2. The molecular formula is C11H17F3N4. The first-order chi connectivity index (χ1) is 8.48. The summed E-state index contributed by atoms with van der Waals surface area (Å²) in [7, 11) is 1.72. The lowest BCUT2D eigenvalue weighted by molar-refractivity contribution is -0.131. The SMILES string of the molecule is CCCc1c(NC)ncnc1NCCC(F)(F)F. The molecular weight excluding hydrogens is 245 g/mol. The molecule has 0 saturated heterocycles. The van der Waals surface area contributed by atoms with Gasteiger partial charge in [-0.25, -0.2) is 9.97 Å². The zero-order valence-electron chi connectivity index (χ0n) is 10.4. The molecule has 0 aliphatic heterocycles. The summed E-state index contributed by atoms with van der Waals surface area (Å²) in [5.41, 5.74) is 0.824. The zero-order chi connectivity index (χ0) is 13.6. The van der Waals surface area contributed by atoms with Crippen LogP contribution in [-0.4, -0.2) is 29.7 Å². The maximum atomic E-state index is 12.1.